The lowest BCUT2D eigenvalue weighted by Crippen LogP contribution is -2.22. The molecule has 0 aliphatic rings. The van der Waals surface area contributed by atoms with Crippen LogP contribution in [0.1, 0.15) is 10.4 Å². The molecular formula is C22H16FN3O3. The Balaban J connectivity index is 1.84. The van der Waals surface area contributed by atoms with Crippen molar-refractivity contribution in [1.29, 1.82) is 0 Å². The Kier molecular flexibility index (Phi) is 5.03. The Hall–Kier alpha value is -4.00. The summed E-state index contributed by atoms with van der Waals surface area (Å²) in [5.74, 6) is -0.500. The first kappa shape index (κ1) is 18.4. The molecule has 4 aromatic rings. The summed E-state index contributed by atoms with van der Waals surface area (Å²) in [5.41, 5.74) is 1.09. The molecule has 0 fully saturated rings. The molecular weight excluding hydrogens is 373 g/mol. The van der Waals surface area contributed by atoms with Crippen molar-refractivity contribution in [3.8, 4) is 5.75 Å². The fraction of sp³-hybridized carbons (Fsp3) is 0.0455. The molecule has 0 bridgehead atoms. The van der Waals surface area contributed by atoms with Crippen molar-refractivity contribution in [3.63, 3.8) is 0 Å². The van der Waals surface area contributed by atoms with Crippen LogP contribution in [0.5, 0.6) is 5.75 Å². The number of hydrogen-bond donors (Lipinski definition) is 1. The third kappa shape index (κ3) is 3.98. The third-order valence-corrected chi connectivity index (χ3v) is 4.17. The Morgan fingerprint density at radius 3 is 2.69 bits per heavy atom. The van der Waals surface area contributed by atoms with Gasteiger partial charge in [-0.05, 0) is 36.4 Å². The number of aromatic nitrogens is 1. The van der Waals surface area contributed by atoms with Crippen molar-refractivity contribution in [2.75, 3.05) is 12.4 Å². The number of halogens is 1. The van der Waals surface area contributed by atoms with E-state index in [2.05, 4.69) is 15.3 Å². The second kappa shape index (κ2) is 7.93. The highest BCUT2D eigenvalue weighted by Gasteiger charge is 2.14. The number of fused-ring (bicyclic) bond motifs is 1. The summed E-state index contributed by atoms with van der Waals surface area (Å²) in [6.07, 6.45) is 1.58. The van der Waals surface area contributed by atoms with Gasteiger partial charge in [-0.25, -0.2) is 14.4 Å². The minimum Gasteiger partial charge on any atom is -0.494 e. The van der Waals surface area contributed by atoms with Gasteiger partial charge in [0.25, 0.3) is 5.91 Å². The molecule has 0 atom stereocenters. The van der Waals surface area contributed by atoms with Gasteiger partial charge in [-0.2, -0.15) is 0 Å². The van der Waals surface area contributed by atoms with E-state index in [0.29, 0.717) is 11.4 Å². The van der Waals surface area contributed by atoms with Crippen LogP contribution < -0.4 is 15.6 Å². The first-order valence-corrected chi connectivity index (χ1v) is 8.77. The number of amides is 1. The first-order chi connectivity index (χ1) is 14.1. The van der Waals surface area contributed by atoms with E-state index < -0.39 is 11.7 Å². The predicted octanol–water partition coefficient (Wildman–Crippen LogP) is 4.46. The lowest BCUT2D eigenvalue weighted by atomic mass is 10.1. The Labute approximate surface area is 165 Å². The van der Waals surface area contributed by atoms with Gasteiger partial charge in [-0.3, -0.25) is 4.79 Å². The van der Waals surface area contributed by atoms with E-state index in [1.165, 1.54) is 19.2 Å². The first-order valence-electron chi connectivity index (χ1n) is 8.77. The molecule has 29 heavy (non-hydrogen) atoms. The van der Waals surface area contributed by atoms with Crippen LogP contribution in [0.25, 0.3) is 11.0 Å². The molecule has 0 spiro atoms. The number of benzene rings is 2. The van der Waals surface area contributed by atoms with Gasteiger partial charge in [0.05, 0.1) is 12.8 Å². The Morgan fingerprint density at radius 2 is 1.93 bits per heavy atom. The number of carbonyl (C=O) groups is 1. The van der Waals surface area contributed by atoms with Crippen LogP contribution in [0.4, 0.5) is 15.9 Å². The van der Waals surface area contributed by atoms with Crippen LogP contribution in [-0.4, -0.2) is 18.0 Å². The van der Waals surface area contributed by atoms with E-state index >= 15 is 0 Å². The standard InChI is InChI=1S/C22H16FN3O3/c1-28-19-10-9-15(13-17(19)23)25-22-16(12-14-6-2-3-7-18(14)29-22)21(27)26-20-8-4-5-11-24-20/h2-13H,1H3,(H,24,26,27). The van der Waals surface area contributed by atoms with Gasteiger partial charge in [0.2, 0.25) is 5.55 Å². The molecule has 0 aliphatic heterocycles. The highest BCUT2D eigenvalue weighted by molar-refractivity contribution is 6.04. The van der Waals surface area contributed by atoms with Crippen LogP contribution >= 0.6 is 0 Å². The lowest BCUT2D eigenvalue weighted by Gasteiger charge is -2.06. The number of rotatable bonds is 4. The maximum atomic E-state index is 14.0. The molecule has 1 N–H and O–H groups in total. The van der Waals surface area contributed by atoms with E-state index in [1.54, 1.807) is 42.6 Å². The van der Waals surface area contributed by atoms with E-state index in [9.17, 15) is 9.18 Å². The molecule has 2 aromatic heterocycles. The van der Waals surface area contributed by atoms with Crippen LogP contribution in [0.2, 0.25) is 0 Å². The number of ether oxygens (including phenoxy) is 1. The number of anilines is 1. The Bertz CT molecular complexity index is 1250. The van der Waals surface area contributed by atoms with Crippen LogP contribution in [0, 0.1) is 5.82 Å². The van der Waals surface area contributed by atoms with Crippen molar-refractivity contribution >= 4 is 28.4 Å². The summed E-state index contributed by atoms with van der Waals surface area (Å²) in [6, 6.07) is 18.4. The van der Waals surface area contributed by atoms with Gasteiger partial charge in [-0.1, -0.05) is 24.3 Å². The second-order valence-electron chi connectivity index (χ2n) is 6.10. The molecule has 1 amide bonds. The molecule has 0 unspecified atom stereocenters. The average molecular weight is 389 g/mol. The molecule has 4 rings (SSSR count). The fourth-order valence-electron chi connectivity index (χ4n) is 2.78. The SMILES string of the molecule is COc1ccc(N=c2oc3ccccc3cc2C(=O)Nc2ccccn2)cc1F. The molecule has 2 aromatic carbocycles. The van der Waals surface area contributed by atoms with Gasteiger partial charge in [0.1, 0.15) is 17.0 Å². The molecule has 6 nitrogen and oxygen atoms in total. The normalized spacial score (nSPS) is 11.4. The van der Waals surface area contributed by atoms with E-state index in [-0.39, 0.29) is 22.6 Å². The summed E-state index contributed by atoms with van der Waals surface area (Å²) < 4.78 is 24.8. The number of nitrogens with one attached hydrogen (secondary N) is 1. The van der Waals surface area contributed by atoms with E-state index in [0.717, 1.165) is 5.39 Å². The average Bonchev–Trinajstić information content (AvgIpc) is 2.74. The van der Waals surface area contributed by atoms with Crippen LogP contribution in [0.15, 0.2) is 82.3 Å². The minimum atomic E-state index is -0.561. The summed E-state index contributed by atoms with van der Waals surface area (Å²) in [5, 5.41) is 3.45. The van der Waals surface area contributed by atoms with Crippen molar-refractivity contribution in [1.82, 2.24) is 4.98 Å². The van der Waals surface area contributed by atoms with Crippen molar-refractivity contribution in [2.24, 2.45) is 4.99 Å². The predicted molar refractivity (Wildman–Crippen MR) is 107 cm³/mol. The summed E-state index contributed by atoms with van der Waals surface area (Å²) in [7, 11) is 1.38. The highest BCUT2D eigenvalue weighted by Crippen LogP contribution is 2.22. The van der Waals surface area contributed by atoms with Crippen LogP contribution in [-0.2, 0) is 0 Å². The molecule has 0 saturated heterocycles. The second-order valence-corrected chi connectivity index (χ2v) is 6.10. The number of hydrogen-bond acceptors (Lipinski definition) is 5. The smallest absolute Gasteiger partial charge is 0.262 e. The van der Waals surface area contributed by atoms with Gasteiger partial charge in [0, 0.05) is 17.6 Å². The minimum absolute atomic E-state index is 0.0571. The molecule has 0 aliphatic carbocycles. The number of pyridine rings is 1. The zero-order valence-corrected chi connectivity index (χ0v) is 15.4. The molecule has 2 heterocycles. The largest absolute Gasteiger partial charge is 0.494 e. The van der Waals surface area contributed by atoms with E-state index in [1.807, 2.05) is 18.2 Å². The van der Waals surface area contributed by atoms with Crippen molar-refractivity contribution < 1.29 is 18.3 Å². The molecule has 0 saturated carbocycles. The third-order valence-electron chi connectivity index (χ3n) is 4.17. The topological polar surface area (TPSA) is 76.7 Å². The quantitative estimate of drug-likeness (QED) is 0.559. The van der Waals surface area contributed by atoms with Crippen molar-refractivity contribution in [2.45, 2.75) is 0 Å². The lowest BCUT2D eigenvalue weighted by molar-refractivity contribution is 0.102. The van der Waals surface area contributed by atoms with Gasteiger partial charge < -0.3 is 14.5 Å². The monoisotopic (exact) mass is 389 g/mol. The van der Waals surface area contributed by atoms with Gasteiger partial charge in [-0.15, -0.1) is 0 Å². The molecule has 144 valence electrons. The van der Waals surface area contributed by atoms with Gasteiger partial charge in [0.15, 0.2) is 11.6 Å². The maximum Gasteiger partial charge on any atom is 0.262 e. The highest BCUT2D eigenvalue weighted by atomic mass is 19.1. The van der Waals surface area contributed by atoms with Gasteiger partial charge >= 0.3 is 0 Å². The Morgan fingerprint density at radius 1 is 1.10 bits per heavy atom. The molecule has 0 radical (unpaired) electrons. The fourth-order valence-corrected chi connectivity index (χ4v) is 2.78. The number of nitrogens with zero attached hydrogens (tertiary/aromatic N) is 2. The summed E-state index contributed by atoms with van der Waals surface area (Å²) >= 11 is 0. The van der Waals surface area contributed by atoms with E-state index in [4.69, 9.17) is 9.15 Å². The molecule has 7 heteroatoms. The number of methoxy groups -OCH3 is 1. The number of carbonyl (C=O) groups excluding carboxylic acids is 1. The maximum absolute atomic E-state index is 14.0. The zero-order chi connectivity index (χ0) is 20.2. The summed E-state index contributed by atoms with van der Waals surface area (Å²) in [6.45, 7) is 0. The van der Waals surface area contributed by atoms with Crippen molar-refractivity contribution in [3.05, 3.63) is 89.9 Å². The summed E-state index contributed by atoms with van der Waals surface area (Å²) in [4.78, 5) is 21.3. The zero-order valence-electron chi connectivity index (χ0n) is 15.4. The number of para-hydroxylation sites is 1. The van der Waals surface area contributed by atoms with Crippen LogP contribution in [0.3, 0.4) is 0 Å².